The van der Waals surface area contributed by atoms with Crippen molar-refractivity contribution in [2.24, 2.45) is 7.05 Å². The van der Waals surface area contributed by atoms with E-state index in [0.29, 0.717) is 21.8 Å². The van der Waals surface area contributed by atoms with Crippen molar-refractivity contribution in [3.05, 3.63) is 73.8 Å². The molecule has 0 saturated carbocycles. The molecule has 0 fully saturated rings. The molecule has 0 bridgehead atoms. The third-order valence-electron chi connectivity index (χ3n) is 4.35. The Morgan fingerprint density at radius 1 is 1.14 bits per heavy atom. The number of aromatic nitrogens is 3. The Morgan fingerprint density at radius 3 is 2.52 bits per heavy atom. The molecule has 0 aliphatic rings. The van der Waals surface area contributed by atoms with Crippen molar-refractivity contribution in [3.63, 3.8) is 0 Å². The van der Waals surface area contributed by atoms with Crippen molar-refractivity contribution in [1.82, 2.24) is 19.7 Å². The summed E-state index contributed by atoms with van der Waals surface area (Å²) < 4.78 is 4.63. The molecule has 150 valence electrons. The predicted molar refractivity (Wildman–Crippen MR) is 122 cm³/mol. The fraction of sp³-hybridized carbons (Fsp3) is 0.200. The molecule has 0 aliphatic carbocycles. The minimum absolute atomic E-state index is 0.00952. The minimum Gasteiger partial charge on any atom is -0.345 e. The number of nitrogens with one attached hydrogen (secondary N) is 2. The van der Waals surface area contributed by atoms with Crippen LogP contribution in [-0.2, 0) is 24.9 Å². The van der Waals surface area contributed by atoms with Gasteiger partial charge in [-0.25, -0.2) is 4.68 Å². The van der Waals surface area contributed by atoms with Crippen LogP contribution in [0.4, 0.5) is 5.69 Å². The maximum atomic E-state index is 12.4. The molecule has 0 unspecified atom stereocenters. The lowest BCUT2D eigenvalue weighted by Gasteiger charge is -2.07. The first kappa shape index (κ1) is 21.2. The molecule has 1 aromatic heterocycles. The van der Waals surface area contributed by atoms with E-state index in [-0.39, 0.29) is 24.9 Å². The first-order valence-corrected chi connectivity index (χ1v) is 10.4. The summed E-state index contributed by atoms with van der Waals surface area (Å²) in [6, 6.07) is 14.9. The van der Waals surface area contributed by atoms with E-state index in [1.54, 1.807) is 17.7 Å². The van der Waals surface area contributed by atoms with Gasteiger partial charge in [0, 0.05) is 21.9 Å². The maximum absolute atomic E-state index is 12.4. The van der Waals surface area contributed by atoms with Gasteiger partial charge in [0.1, 0.15) is 6.54 Å². The molecular formula is C20H20IN5O2S. The number of aryl methyl sites for hydroxylation is 1. The second-order valence-electron chi connectivity index (χ2n) is 6.47. The summed E-state index contributed by atoms with van der Waals surface area (Å²) in [5.74, 6) is 0.162. The fourth-order valence-corrected chi connectivity index (χ4v) is 3.31. The van der Waals surface area contributed by atoms with E-state index in [1.807, 2.05) is 49.4 Å². The number of anilines is 1. The van der Waals surface area contributed by atoms with E-state index in [0.717, 1.165) is 9.13 Å². The maximum Gasteiger partial charge on any atom is 0.251 e. The van der Waals surface area contributed by atoms with Crippen LogP contribution in [0.5, 0.6) is 0 Å². The summed E-state index contributed by atoms with van der Waals surface area (Å²) in [6.45, 7) is 2.08. The van der Waals surface area contributed by atoms with Crippen LogP contribution >= 0.6 is 34.8 Å². The number of carbonyl (C=O) groups excluding carboxylic acids is 2. The number of benzene rings is 2. The van der Waals surface area contributed by atoms with Gasteiger partial charge in [0.25, 0.3) is 5.91 Å². The third-order valence-corrected chi connectivity index (χ3v) is 5.55. The van der Waals surface area contributed by atoms with E-state index in [9.17, 15) is 9.59 Å². The molecule has 2 aromatic carbocycles. The predicted octanol–water partition coefficient (Wildman–Crippen LogP) is 3.43. The molecule has 0 atom stereocenters. The Hall–Kier alpha value is -2.53. The summed E-state index contributed by atoms with van der Waals surface area (Å²) in [7, 11) is 1.76. The Bertz CT molecular complexity index is 1100. The quantitative estimate of drug-likeness (QED) is 0.385. The summed E-state index contributed by atoms with van der Waals surface area (Å²) in [6.07, 6.45) is 0. The van der Waals surface area contributed by atoms with Crippen LogP contribution in [0.1, 0.15) is 21.7 Å². The average molecular weight is 521 g/mol. The van der Waals surface area contributed by atoms with Gasteiger partial charge in [0.2, 0.25) is 5.91 Å². The zero-order valence-electron chi connectivity index (χ0n) is 16.0. The van der Waals surface area contributed by atoms with Crippen LogP contribution in [0.2, 0.25) is 0 Å². The lowest BCUT2D eigenvalue weighted by molar-refractivity contribution is -0.116. The van der Waals surface area contributed by atoms with Crippen LogP contribution in [0.15, 0.2) is 48.5 Å². The molecule has 0 aliphatic heterocycles. The van der Waals surface area contributed by atoms with Gasteiger partial charge in [-0.05, 0) is 77.6 Å². The number of rotatable bonds is 6. The highest BCUT2D eigenvalue weighted by atomic mass is 127. The smallest absolute Gasteiger partial charge is 0.251 e. The molecule has 2 amide bonds. The molecule has 0 radical (unpaired) electrons. The number of hydrogen-bond donors (Lipinski definition) is 2. The standard InChI is InChI=1S/C20H20IN5O2S/c1-13-5-3-4-6-16(13)19(28)22-11-17-24-26(20(29)25(17)2)12-18(27)23-15-9-7-14(21)8-10-15/h3-10H,11-12H2,1-2H3,(H,22,28)(H,23,27). The Labute approximate surface area is 187 Å². The summed E-state index contributed by atoms with van der Waals surface area (Å²) >= 11 is 7.58. The SMILES string of the molecule is Cc1ccccc1C(=O)NCc1nn(CC(=O)Nc2ccc(I)cc2)c(=S)n1C. The topological polar surface area (TPSA) is 80.9 Å². The van der Waals surface area contributed by atoms with Crippen molar-refractivity contribution < 1.29 is 9.59 Å². The normalized spacial score (nSPS) is 10.6. The largest absolute Gasteiger partial charge is 0.345 e. The monoisotopic (exact) mass is 521 g/mol. The van der Waals surface area contributed by atoms with E-state index >= 15 is 0 Å². The molecule has 0 spiro atoms. The summed E-state index contributed by atoms with van der Waals surface area (Å²) in [5.41, 5.74) is 2.23. The number of halogens is 1. The second-order valence-corrected chi connectivity index (χ2v) is 8.08. The molecule has 2 N–H and O–H groups in total. The molecule has 29 heavy (non-hydrogen) atoms. The Balaban J connectivity index is 1.65. The highest BCUT2D eigenvalue weighted by Crippen LogP contribution is 2.11. The lowest BCUT2D eigenvalue weighted by Crippen LogP contribution is -2.25. The molecule has 0 saturated heterocycles. The van der Waals surface area contributed by atoms with E-state index < -0.39 is 0 Å². The van der Waals surface area contributed by atoms with Crippen LogP contribution in [0.3, 0.4) is 0 Å². The van der Waals surface area contributed by atoms with Gasteiger partial charge < -0.3 is 15.2 Å². The van der Waals surface area contributed by atoms with Crippen LogP contribution in [0.25, 0.3) is 0 Å². The number of carbonyl (C=O) groups is 2. The van der Waals surface area contributed by atoms with Gasteiger partial charge in [-0.3, -0.25) is 9.59 Å². The van der Waals surface area contributed by atoms with Gasteiger partial charge in [0.05, 0.1) is 6.54 Å². The molecule has 1 heterocycles. The molecule has 7 nitrogen and oxygen atoms in total. The number of nitrogens with zero attached hydrogens (tertiary/aromatic N) is 3. The van der Waals surface area contributed by atoms with Gasteiger partial charge >= 0.3 is 0 Å². The van der Waals surface area contributed by atoms with Crippen molar-refractivity contribution in [2.75, 3.05) is 5.32 Å². The first-order chi connectivity index (χ1) is 13.8. The Morgan fingerprint density at radius 2 is 1.83 bits per heavy atom. The van der Waals surface area contributed by atoms with Crippen LogP contribution in [-0.4, -0.2) is 26.2 Å². The van der Waals surface area contributed by atoms with Gasteiger partial charge in [-0.1, -0.05) is 18.2 Å². The van der Waals surface area contributed by atoms with Crippen LogP contribution < -0.4 is 10.6 Å². The second kappa shape index (κ2) is 9.31. The van der Waals surface area contributed by atoms with E-state index in [1.165, 1.54) is 4.68 Å². The highest BCUT2D eigenvalue weighted by molar-refractivity contribution is 14.1. The first-order valence-electron chi connectivity index (χ1n) is 8.87. The highest BCUT2D eigenvalue weighted by Gasteiger charge is 2.13. The zero-order valence-corrected chi connectivity index (χ0v) is 19.0. The number of hydrogen-bond acceptors (Lipinski definition) is 4. The van der Waals surface area contributed by atoms with Crippen molar-refractivity contribution in [2.45, 2.75) is 20.0 Å². The van der Waals surface area contributed by atoms with E-state index in [4.69, 9.17) is 12.2 Å². The van der Waals surface area contributed by atoms with Crippen LogP contribution in [0, 0.1) is 15.3 Å². The lowest BCUT2D eigenvalue weighted by atomic mass is 10.1. The summed E-state index contributed by atoms with van der Waals surface area (Å²) in [5, 5.41) is 10.1. The Kier molecular flexibility index (Phi) is 6.80. The van der Waals surface area contributed by atoms with Gasteiger partial charge in [-0.15, -0.1) is 0 Å². The fourth-order valence-electron chi connectivity index (χ4n) is 2.74. The van der Waals surface area contributed by atoms with Crippen molar-refractivity contribution in [3.8, 4) is 0 Å². The summed E-state index contributed by atoms with van der Waals surface area (Å²) in [4.78, 5) is 24.7. The third kappa shape index (κ3) is 5.30. The molecular weight excluding hydrogens is 501 g/mol. The molecule has 3 aromatic rings. The van der Waals surface area contributed by atoms with Gasteiger partial charge in [-0.2, -0.15) is 5.10 Å². The average Bonchev–Trinajstić information content (AvgIpc) is 2.96. The molecule has 9 heteroatoms. The van der Waals surface area contributed by atoms with Crippen molar-refractivity contribution in [1.29, 1.82) is 0 Å². The number of amides is 2. The zero-order chi connectivity index (χ0) is 21.0. The van der Waals surface area contributed by atoms with Crippen molar-refractivity contribution >= 4 is 52.3 Å². The van der Waals surface area contributed by atoms with E-state index in [2.05, 4.69) is 38.3 Å². The molecule has 3 rings (SSSR count). The van der Waals surface area contributed by atoms with Gasteiger partial charge in [0.15, 0.2) is 10.6 Å². The minimum atomic E-state index is -0.226.